The molecular weight excluding hydrogens is 236 g/mol. The van der Waals surface area contributed by atoms with Crippen LogP contribution in [0, 0.1) is 6.92 Å². The van der Waals surface area contributed by atoms with E-state index in [0.717, 1.165) is 0 Å². The summed E-state index contributed by atoms with van der Waals surface area (Å²) in [5.41, 5.74) is 1.92. The van der Waals surface area contributed by atoms with Gasteiger partial charge in [0.1, 0.15) is 11.2 Å². The first-order valence-corrected chi connectivity index (χ1v) is 5.16. The van der Waals surface area contributed by atoms with E-state index in [1.165, 1.54) is 0 Å². The average Bonchev–Trinajstić information content (AvgIpc) is 2.91. The minimum Gasteiger partial charge on any atom is -0.478 e. The Hall–Kier alpha value is -2.70. The van der Waals surface area contributed by atoms with Crippen LogP contribution in [-0.4, -0.2) is 15.2 Å². The largest absolute Gasteiger partial charge is 0.478 e. The normalized spacial score (nSPS) is 11.6. The topological polar surface area (TPSA) is 97.0 Å². The molecule has 0 spiro atoms. The Kier molecular flexibility index (Phi) is 2.30. The Morgan fingerprint density at radius 3 is 2.78 bits per heavy atom. The van der Waals surface area contributed by atoms with Crippen LogP contribution in [0.5, 0.6) is 5.95 Å². The number of fused-ring (bicyclic) bond motifs is 1. The molecular formula is C11H8N4O3. The van der Waals surface area contributed by atoms with Gasteiger partial charge in [-0.2, -0.15) is 4.98 Å². The van der Waals surface area contributed by atoms with E-state index in [2.05, 4.69) is 24.9 Å². The van der Waals surface area contributed by atoms with E-state index < -0.39 is 0 Å². The van der Waals surface area contributed by atoms with Crippen molar-refractivity contribution in [3.63, 3.8) is 0 Å². The van der Waals surface area contributed by atoms with Crippen LogP contribution in [0.1, 0.15) is 5.69 Å². The standard InChI is InChI=1S/C11H8N4O3/c1-6-9(10(16)18-15-6)13-14-11-12-7-4-2-3-5-8(7)17-11/h2-5,16H,1H3. The lowest BCUT2D eigenvalue weighted by Crippen LogP contribution is -1.67. The third-order valence-corrected chi connectivity index (χ3v) is 2.33. The van der Waals surface area contributed by atoms with Crippen molar-refractivity contribution in [2.24, 2.45) is 10.2 Å². The number of aromatic hydroxyl groups is 1. The molecule has 0 bridgehead atoms. The van der Waals surface area contributed by atoms with Crippen LogP contribution < -0.4 is 0 Å². The zero-order chi connectivity index (χ0) is 12.5. The van der Waals surface area contributed by atoms with E-state index in [0.29, 0.717) is 16.8 Å². The highest BCUT2D eigenvalue weighted by Gasteiger charge is 2.11. The minimum absolute atomic E-state index is 0.108. The van der Waals surface area contributed by atoms with E-state index in [4.69, 9.17) is 4.42 Å². The maximum Gasteiger partial charge on any atom is 0.341 e. The molecule has 0 radical (unpaired) electrons. The zero-order valence-electron chi connectivity index (χ0n) is 9.36. The number of hydrogen-bond acceptors (Lipinski definition) is 7. The van der Waals surface area contributed by atoms with Crippen molar-refractivity contribution in [3.05, 3.63) is 30.0 Å². The smallest absolute Gasteiger partial charge is 0.341 e. The number of aryl methyl sites for hydroxylation is 1. The molecule has 0 aliphatic rings. The summed E-state index contributed by atoms with van der Waals surface area (Å²) in [5, 5.41) is 20.4. The summed E-state index contributed by atoms with van der Waals surface area (Å²) in [6, 6.07) is 7.38. The van der Waals surface area contributed by atoms with E-state index in [1.807, 2.05) is 12.1 Å². The molecule has 0 aliphatic carbocycles. The summed E-state index contributed by atoms with van der Waals surface area (Å²) in [7, 11) is 0. The van der Waals surface area contributed by atoms with Gasteiger partial charge in [-0.3, -0.25) is 0 Å². The molecule has 3 rings (SSSR count). The van der Waals surface area contributed by atoms with Gasteiger partial charge in [-0.1, -0.05) is 22.4 Å². The van der Waals surface area contributed by atoms with Gasteiger partial charge in [-0.05, 0) is 19.1 Å². The van der Waals surface area contributed by atoms with Crippen molar-refractivity contribution in [2.75, 3.05) is 0 Å². The maximum absolute atomic E-state index is 9.32. The van der Waals surface area contributed by atoms with Crippen molar-refractivity contribution in [2.45, 2.75) is 6.92 Å². The fraction of sp³-hybridized carbons (Fsp3) is 0.0909. The summed E-state index contributed by atoms with van der Waals surface area (Å²) in [6.45, 7) is 1.64. The van der Waals surface area contributed by atoms with Crippen LogP contribution in [0.3, 0.4) is 0 Å². The number of oxazole rings is 1. The number of aromatic nitrogens is 2. The quantitative estimate of drug-likeness (QED) is 0.698. The van der Waals surface area contributed by atoms with Gasteiger partial charge in [-0.25, -0.2) is 0 Å². The molecule has 2 heterocycles. The van der Waals surface area contributed by atoms with Gasteiger partial charge in [-0.15, -0.1) is 5.11 Å². The van der Waals surface area contributed by atoms with E-state index >= 15 is 0 Å². The van der Waals surface area contributed by atoms with Crippen LogP contribution in [0.15, 0.2) is 43.4 Å². The summed E-state index contributed by atoms with van der Waals surface area (Å²) < 4.78 is 9.89. The summed E-state index contributed by atoms with van der Waals surface area (Å²) in [5.74, 6) is -0.382. The molecule has 2 aromatic heterocycles. The molecule has 0 saturated heterocycles. The minimum atomic E-state index is -0.382. The molecule has 7 nitrogen and oxygen atoms in total. The Labute approximate surface area is 101 Å². The van der Waals surface area contributed by atoms with Crippen LogP contribution in [0.4, 0.5) is 11.7 Å². The van der Waals surface area contributed by atoms with Gasteiger partial charge in [0.25, 0.3) is 0 Å². The summed E-state index contributed by atoms with van der Waals surface area (Å²) in [6.07, 6.45) is 0. The number of hydrogen-bond donors (Lipinski definition) is 1. The predicted molar refractivity (Wildman–Crippen MR) is 61.1 cm³/mol. The van der Waals surface area contributed by atoms with Gasteiger partial charge in [0.2, 0.25) is 0 Å². The van der Waals surface area contributed by atoms with Crippen molar-refractivity contribution in [1.82, 2.24) is 10.1 Å². The molecule has 0 atom stereocenters. The Balaban J connectivity index is 1.97. The highest BCUT2D eigenvalue weighted by molar-refractivity contribution is 5.73. The fourth-order valence-corrected chi connectivity index (χ4v) is 1.46. The van der Waals surface area contributed by atoms with Crippen molar-refractivity contribution in [1.29, 1.82) is 0 Å². The van der Waals surface area contributed by atoms with Crippen LogP contribution in [0.2, 0.25) is 0 Å². The van der Waals surface area contributed by atoms with Gasteiger partial charge in [0, 0.05) is 0 Å². The van der Waals surface area contributed by atoms with E-state index in [9.17, 15) is 5.11 Å². The van der Waals surface area contributed by atoms with Crippen molar-refractivity contribution in [3.8, 4) is 5.95 Å². The molecule has 0 amide bonds. The monoisotopic (exact) mass is 244 g/mol. The molecule has 0 saturated carbocycles. The highest BCUT2D eigenvalue weighted by Crippen LogP contribution is 2.31. The predicted octanol–water partition coefficient (Wildman–Crippen LogP) is 3.25. The molecule has 0 fully saturated rings. The lowest BCUT2D eigenvalue weighted by molar-refractivity contribution is 0.277. The second-order valence-corrected chi connectivity index (χ2v) is 3.59. The Bertz CT molecular complexity index is 676. The van der Waals surface area contributed by atoms with Crippen molar-refractivity contribution < 1.29 is 14.0 Å². The van der Waals surface area contributed by atoms with E-state index in [1.54, 1.807) is 19.1 Å². The van der Waals surface area contributed by atoms with Crippen LogP contribution in [-0.2, 0) is 0 Å². The van der Waals surface area contributed by atoms with Gasteiger partial charge in [0.05, 0.1) is 0 Å². The second kappa shape index (κ2) is 3.95. The molecule has 0 unspecified atom stereocenters. The average molecular weight is 244 g/mol. The molecule has 1 N–H and O–H groups in total. The maximum atomic E-state index is 9.32. The molecule has 7 heteroatoms. The highest BCUT2D eigenvalue weighted by atomic mass is 16.5. The third kappa shape index (κ3) is 1.71. The Morgan fingerprint density at radius 2 is 2.06 bits per heavy atom. The number of rotatable bonds is 2. The molecule has 3 aromatic rings. The number of benzene rings is 1. The van der Waals surface area contributed by atoms with Gasteiger partial charge >= 0.3 is 12.0 Å². The molecule has 18 heavy (non-hydrogen) atoms. The molecule has 90 valence electrons. The SMILES string of the molecule is Cc1noc(O)c1N=Nc1nc2ccccc2o1. The lowest BCUT2D eigenvalue weighted by Gasteiger charge is -1.85. The van der Waals surface area contributed by atoms with Crippen LogP contribution >= 0.6 is 0 Å². The third-order valence-electron chi connectivity index (χ3n) is 2.33. The van der Waals surface area contributed by atoms with Gasteiger partial charge in [0.15, 0.2) is 11.3 Å². The second-order valence-electron chi connectivity index (χ2n) is 3.59. The van der Waals surface area contributed by atoms with Crippen LogP contribution in [0.25, 0.3) is 11.1 Å². The van der Waals surface area contributed by atoms with E-state index in [-0.39, 0.29) is 17.6 Å². The first-order valence-electron chi connectivity index (χ1n) is 5.16. The summed E-state index contributed by atoms with van der Waals surface area (Å²) >= 11 is 0. The number of nitrogens with zero attached hydrogens (tertiary/aromatic N) is 4. The molecule has 0 aliphatic heterocycles. The lowest BCUT2D eigenvalue weighted by atomic mass is 10.3. The number of para-hydroxylation sites is 2. The zero-order valence-corrected chi connectivity index (χ0v) is 9.36. The fourth-order valence-electron chi connectivity index (χ4n) is 1.46. The molecule has 1 aromatic carbocycles. The summed E-state index contributed by atoms with van der Waals surface area (Å²) in [4.78, 5) is 4.11. The first-order chi connectivity index (χ1) is 8.74. The number of azo groups is 1. The first kappa shape index (κ1) is 10.5. The van der Waals surface area contributed by atoms with Crippen molar-refractivity contribution >= 4 is 22.8 Å². The Morgan fingerprint density at radius 1 is 1.22 bits per heavy atom. The van der Waals surface area contributed by atoms with Gasteiger partial charge < -0.3 is 14.0 Å².